The standard InChI is InChI=1S/C17H23FN2O2S/c1-12(2)20-13(3)11-15(14(20)4)9-10-19-23(21,22)17-7-5-16(18)6-8-17/h5-8,11-12,19H,9-10H2,1-4H3. The van der Waals surface area contributed by atoms with Crippen molar-refractivity contribution in [1.29, 1.82) is 0 Å². The van der Waals surface area contributed by atoms with Gasteiger partial charge in [-0.15, -0.1) is 0 Å². The van der Waals surface area contributed by atoms with Crippen molar-refractivity contribution >= 4 is 10.0 Å². The molecule has 2 rings (SSSR count). The first-order valence-electron chi connectivity index (χ1n) is 7.65. The fourth-order valence-corrected chi connectivity index (χ4v) is 3.94. The lowest BCUT2D eigenvalue weighted by molar-refractivity contribution is 0.570. The van der Waals surface area contributed by atoms with E-state index in [9.17, 15) is 12.8 Å². The maximum Gasteiger partial charge on any atom is 0.240 e. The molecule has 0 aliphatic rings. The molecule has 0 saturated carbocycles. The molecule has 1 heterocycles. The van der Waals surface area contributed by atoms with E-state index in [1.165, 1.54) is 23.5 Å². The molecule has 0 radical (unpaired) electrons. The van der Waals surface area contributed by atoms with Crippen molar-refractivity contribution in [2.24, 2.45) is 0 Å². The summed E-state index contributed by atoms with van der Waals surface area (Å²) in [4.78, 5) is 0.0755. The summed E-state index contributed by atoms with van der Waals surface area (Å²) in [5.41, 5.74) is 3.48. The van der Waals surface area contributed by atoms with Crippen LogP contribution in [0.4, 0.5) is 4.39 Å². The molecule has 126 valence electrons. The van der Waals surface area contributed by atoms with Crippen molar-refractivity contribution in [1.82, 2.24) is 9.29 Å². The zero-order chi connectivity index (χ0) is 17.2. The Morgan fingerprint density at radius 1 is 1.17 bits per heavy atom. The van der Waals surface area contributed by atoms with Gasteiger partial charge in [-0.3, -0.25) is 0 Å². The van der Waals surface area contributed by atoms with Gasteiger partial charge in [-0.25, -0.2) is 17.5 Å². The lowest BCUT2D eigenvalue weighted by atomic mass is 10.2. The Morgan fingerprint density at radius 2 is 1.78 bits per heavy atom. The van der Waals surface area contributed by atoms with Crippen molar-refractivity contribution < 1.29 is 12.8 Å². The van der Waals surface area contributed by atoms with Crippen molar-refractivity contribution in [3.63, 3.8) is 0 Å². The van der Waals surface area contributed by atoms with Crippen LogP contribution in [-0.2, 0) is 16.4 Å². The Morgan fingerprint density at radius 3 is 2.30 bits per heavy atom. The van der Waals surface area contributed by atoms with Crippen molar-refractivity contribution in [3.05, 3.63) is 53.1 Å². The molecule has 4 nitrogen and oxygen atoms in total. The molecule has 0 atom stereocenters. The van der Waals surface area contributed by atoms with E-state index in [1.54, 1.807) is 0 Å². The molecule has 0 aliphatic carbocycles. The second-order valence-electron chi connectivity index (χ2n) is 5.96. The minimum Gasteiger partial charge on any atom is -0.346 e. The first kappa shape index (κ1) is 17.7. The summed E-state index contributed by atoms with van der Waals surface area (Å²) < 4.78 is 42.0. The topological polar surface area (TPSA) is 51.1 Å². The Bertz CT molecular complexity index is 778. The average molecular weight is 338 g/mol. The van der Waals surface area contributed by atoms with Crippen LogP contribution in [0.25, 0.3) is 0 Å². The van der Waals surface area contributed by atoms with Crippen LogP contribution in [0.15, 0.2) is 35.2 Å². The van der Waals surface area contributed by atoms with Gasteiger partial charge < -0.3 is 4.57 Å². The number of aromatic nitrogens is 1. The Labute approximate surface area is 137 Å². The molecule has 0 aliphatic heterocycles. The Hall–Kier alpha value is -1.66. The van der Waals surface area contributed by atoms with E-state index in [-0.39, 0.29) is 4.90 Å². The molecule has 1 aromatic heterocycles. The summed E-state index contributed by atoms with van der Waals surface area (Å²) in [7, 11) is -3.60. The fourth-order valence-electron chi connectivity index (χ4n) is 2.91. The first-order valence-corrected chi connectivity index (χ1v) is 9.13. The summed E-state index contributed by atoms with van der Waals surface area (Å²) in [6, 6.07) is 7.29. The number of benzene rings is 1. The minimum atomic E-state index is -3.60. The van der Waals surface area contributed by atoms with Crippen molar-refractivity contribution in [3.8, 4) is 0 Å². The van der Waals surface area contributed by atoms with Crippen LogP contribution >= 0.6 is 0 Å². The maximum atomic E-state index is 12.9. The molecule has 2 aromatic rings. The molecule has 0 fully saturated rings. The van der Waals surface area contributed by atoms with Crippen LogP contribution in [-0.4, -0.2) is 19.5 Å². The smallest absolute Gasteiger partial charge is 0.240 e. The number of nitrogens with one attached hydrogen (secondary N) is 1. The molecule has 0 bridgehead atoms. The Balaban J connectivity index is 2.05. The Kier molecular flexibility index (Phi) is 5.26. The molecule has 23 heavy (non-hydrogen) atoms. The monoisotopic (exact) mass is 338 g/mol. The predicted octanol–water partition coefficient (Wildman–Crippen LogP) is 3.35. The number of aryl methyl sites for hydroxylation is 1. The van der Waals surface area contributed by atoms with E-state index in [1.807, 2.05) is 0 Å². The van der Waals surface area contributed by atoms with Crippen LogP contribution < -0.4 is 4.72 Å². The SMILES string of the molecule is Cc1cc(CCNS(=O)(=O)c2ccc(F)cc2)c(C)n1C(C)C. The fraction of sp³-hybridized carbons (Fsp3) is 0.412. The van der Waals surface area contributed by atoms with Crippen LogP contribution in [0.5, 0.6) is 0 Å². The molecular weight excluding hydrogens is 315 g/mol. The molecule has 0 saturated heterocycles. The second-order valence-corrected chi connectivity index (χ2v) is 7.73. The number of sulfonamides is 1. The van der Waals surface area contributed by atoms with E-state index in [0.29, 0.717) is 19.0 Å². The predicted molar refractivity (Wildman–Crippen MR) is 89.6 cm³/mol. The zero-order valence-corrected chi connectivity index (χ0v) is 14.7. The third-order valence-corrected chi connectivity index (χ3v) is 5.39. The van der Waals surface area contributed by atoms with E-state index in [4.69, 9.17) is 0 Å². The van der Waals surface area contributed by atoms with Gasteiger partial charge in [0.15, 0.2) is 0 Å². The molecule has 0 unspecified atom stereocenters. The number of halogens is 1. The van der Waals surface area contributed by atoms with Gasteiger partial charge in [0.2, 0.25) is 10.0 Å². The molecule has 0 spiro atoms. The van der Waals surface area contributed by atoms with E-state index >= 15 is 0 Å². The van der Waals surface area contributed by atoms with Gasteiger partial charge >= 0.3 is 0 Å². The molecular formula is C17H23FN2O2S. The van der Waals surface area contributed by atoms with E-state index in [0.717, 1.165) is 17.7 Å². The minimum absolute atomic E-state index is 0.0755. The normalized spacial score (nSPS) is 12.1. The van der Waals surface area contributed by atoms with Crippen LogP contribution in [0.1, 0.15) is 36.8 Å². The first-order chi connectivity index (χ1) is 10.7. The average Bonchev–Trinajstić information content (AvgIpc) is 2.73. The van der Waals surface area contributed by atoms with Crippen molar-refractivity contribution in [2.75, 3.05) is 6.54 Å². The van der Waals surface area contributed by atoms with Crippen LogP contribution in [0, 0.1) is 19.7 Å². The largest absolute Gasteiger partial charge is 0.346 e. The highest BCUT2D eigenvalue weighted by Crippen LogP contribution is 2.20. The van der Waals surface area contributed by atoms with Gasteiger partial charge in [0, 0.05) is 24.0 Å². The lowest BCUT2D eigenvalue weighted by Crippen LogP contribution is -2.26. The highest BCUT2D eigenvalue weighted by molar-refractivity contribution is 7.89. The summed E-state index contributed by atoms with van der Waals surface area (Å²) in [5, 5.41) is 0. The second kappa shape index (κ2) is 6.84. The third kappa shape index (κ3) is 4.00. The van der Waals surface area contributed by atoms with Gasteiger partial charge in [0.05, 0.1) is 4.90 Å². The van der Waals surface area contributed by atoms with E-state index in [2.05, 4.69) is 43.1 Å². The molecule has 6 heteroatoms. The summed E-state index contributed by atoms with van der Waals surface area (Å²) >= 11 is 0. The van der Waals surface area contributed by atoms with Gasteiger partial charge in [-0.2, -0.15) is 0 Å². The number of hydrogen-bond donors (Lipinski definition) is 1. The summed E-state index contributed by atoms with van der Waals surface area (Å²) in [6.07, 6.45) is 0.618. The number of rotatable bonds is 6. The molecule has 1 N–H and O–H groups in total. The van der Waals surface area contributed by atoms with Crippen LogP contribution in [0.2, 0.25) is 0 Å². The highest BCUT2D eigenvalue weighted by Gasteiger charge is 2.15. The van der Waals surface area contributed by atoms with Crippen LogP contribution in [0.3, 0.4) is 0 Å². The molecule has 1 aromatic carbocycles. The number of hydrogen-bond acceptors (Lipinski definition) is 2. The van der Waals surface area contributed by atoms with Crippen molar-refractivity contribution in [2.45, 2.75) is 45.1 Å². The highest BCUT2D eigenvalue weighted by atomic mass is 32.2. The maximum absolute atomic E-state index is 12.9. The van der Waals surface area contributed by atoms with Gasteiger partial charge in [-0.1, -0.05) is 0 Å². The van der Waals surface area contributed by atoms with Gasteiger partial charge in [0.1, 0.15) is 5.82 Å². The third-order valence-electron chi connectivity index (χ3n) is 3.92. The molecule has 0 amide bonds. The van der Waals surface area contributed by atoms with Gasteiger partial charge in [-0.05, 0) is 70.0 Å². The summed E-state index contributed by atoms with van der Waals surface area (Å²) in [5.74, 6) is -0.454. The zero-order valence-electron chi connectivity index (χ0n) is 13.9. The van der Waals surface area contributed by atoms with Gasteiger partial charge in [0.25, 0.3) is 0 Å². The quantitative estimate of drug-likeness (QED) is 0.878. The summed E-state index contributed by atoms with van der Waals surface area (Å²) in [6.45, 7) is 8.67. The van der Waals surface area contributed by atoms with E-state index < -0.39 is 15.8 Å². The lowest BCUT2D eigenvalue weighted by Gasteiger charge is -2.14. The number of nitrogens with zero attached hydrogens (tertiary/aromatic N) is 1.